The van der Waals surface area contributed by atoms with Crippen LogP contribution in [0.5, 0.6) is 0 Å². The van der Waals surface area contributed by atoms with Crippen LogP contribution in [0.15, 0.2) is 48.7 Å². The number of aryl methyl sites for hydroxylation is 2. The van der Waals surface area contributed by atoms with E-state index in [1.165, 1.54) is 6.20 Å². The molecule has 8 heteroatoms. The molecule has 7 nitrogen and oxygen atoms in total. The van der Waals surface area contributed by atoms with Gasteiger partial charge in [-0.3, -0.25) is 4.79 Å². The van der Waals surface area contributed by atoms with Crippen molar-refractivity contribution in [3.8, 4) is 5.82 Å². The molecule has 1 amide bonds. The first kappa shape index (κ1) is 20.5. The average molecular weight is 413 g/mol. The number of aromatic nitrogens is 3. The molecule has 0 saturated carbocycles. The van der Waals surface area contributed by atoms with Crippen LogP contribution in [0, 0.1) is 13.8 Å². The molecule has 3 aromatic rings. The van der Waals surface area contributed by atoms with Gasteiger partial charge in [-0.25, -0.2) is 14.5 Å². The minimum atomic E-state index is -0.606. The highest BCUT2D eigenvalue weighted by atomic mass is 35.5. The van der Waals surface area contributed by atoms with E-state index >= 15 is 0 Å². The number of ether oxygens (including phenoxy) is 1. The maximum absolute atomic E-state index is 12.1. The molecule has 0 aliphatic heterocycles. The molecule has 1 aromatic carbocycles. The van der Waals surface area contributed by atoms with Gasteiger partial charge in [-0.1, -0.05) is 23.7 Å². The van der Waals surface area contributed by atoms with E-state index in [-0.39, 0.29) is 18.1 Å². The fraction of sp³-hybridized carbons (Fsp3) is 0.238. The van der Waals surface area contributed by atoms with E-state index in [0.717, 1.165) is 17.0 Å². The Hall–Kier alpha value is -3.19. The lowest BCUT2D eigenvalue weighted by Crippen LogP contribution is -2.30. The quantitative estimate of drug-likeness (QED) is 0.603. The van der Waals surface area contributed by atoms with Crippen molar-refractivity contribution >= 4 is 23.5 Å². The third-order valence-electron chi connectivity index (χ3n) is 4.19. The Bertz CT molecular complexity index is 998. The first-order chi connectivity index (χ1) is 13.9. The molecular weight excluding hydrogens is 392 g/mol. The van der Waals surface area contributed by atoms with Gasteiger partial charge < -0.3 is 10.1 Å². The van der Waals surface area contributed by atoms with Crippen molar-refractivity contribution in [2.24, 2.45) is 0 Å². The summed E-state index contributed by atoms with van der Waals surface area (Å²) in [7, 11) is 0. The highest BCUT2D eigenvalue weighted by Gasteiger charge is 2.12. The monoisotopic (exact) mass is 412 g/mol. The lowest BCUT2D eigenvalue weighted by molar-refractivity contribution is -0.124. The van der Waals surface area contributed by atoms with E-state index in [4.69, 9.17) is 16.3 Å². The molecule has 150 valence electrons. The number of rotatable bonds is 7. The first-order valence-electron chi connectivity index (χ1n) is 9.10. The summed E-state index contributed by atoms with van der Waals surface area (Å²) < 4.78 is 6.74. The molecule has 0 spiro atoms. The second kappa shape index (κ2) is 9.34. The largest absolute Gasteiger partial charge is 0.452 e. The highest BCUT2D eigenvalue weighted by molar-refractivity contribution is 6.30. The van der Waals surface area contributed by atoms with E-state index in [1.54, 1.807) is 28.9 Å². The summed E-state index contributed by atoms with van der Waals surface area (Å²) in [6, 6.07) is 12.6. The van der Waals surface area contributed by atoms with Crippen molar-refractivity contribution in [1.29, 1.82) is 0 Å². The SMILES string of the molecule is Cc1cc(C)n(-c2ccc(C(=O)OCC(=O)NCCc3ccc(Cl)cc3)cn2)n1. The Kier molecular flexibility index (Phi) is 6.61. The summed E-state index contributed by atoms with van der Waals surface area (Å²) in [6.07, 6.45) is 2.07. The average Bonchev–Trinajstić information content (AvgIpc) is 3.06. The number of carbonyl (C=O) groups excluding carboxylic acids is 2. The summed E-state index contributed by atoms with van der Waals surface area (Å²) in [5.74, 6) is -0.364. The van der Waals surface area contributed by atoms with Gasteiger partial charge in [0.1, 0.15) is 0 Å². The Labute approximate surface area is 173 Å². The van der Waals surface area contributed by atoms with Gasteiger partial charge in [0.15, 0.2) is 12.4 Å². The molecule has 2 heterocycles. The van der Waals surface area contributed by atoms with Gasteiger partial charge in [0.2, 0.25) is 0 Å². The minimum absolute atomic E-state index is 0.268. The lowest BCUT2D eigenvalue weighted by atomic mass is 10.1. The third kappa shape index (κ3) is 5.65. The molecule has 0 aliphatic carbocycles. The fourth-order valence-electron chi connectivity index (χ4n) is 2.76. The zero-order valence-electron chi connectivity index (χ0n) is 16.2. The highest BCUT2D eigenvalue weighted by Crippen LogP contribution is 2.11. The zero-order valence-corrected chi connectivity index (χ0v) is 16.9. The number of nitrogens with zero attached hydrogens (tertiary/aromatic N) is 3. The number of hydrogen-bond acceptors (Lipinski definition) is 5. The third-order valence-corrected chi connectivity index (χ3v) is 4.45. The van der Waals surface area contributed by atoms with Crippen molar-refractivity contribution in [2.45, 2.75) is 20.3 Å². The number of pyridine rings is 1. The van der Waals surface area contributed by atoms with Crippen LogP contribution < -0.4 is 5.32 Å². The summed E-state index contributed by atoms with van der Waals surface area (Å²) in [5.41, 5.74) is 3.15. The van der Waals surface area contributed by atoms with Gasteiger partial charge in [-0.15, -0.1) is 0 Å². The van der Waals surface area contributed by atoms with Crippen LogP contribution in [0.2, 0.25) is 5.02 Å². The topological polar surface area (TPSA) is 86.1 Å². The Morgan fingerprint density at radius 3 is 2.52 bits per heavy atom. The summed E-state index contributed by atoms with van der Waals surface area (Å²) in [6.45, 7) is 3.92. The van der Waals surface area contributed by atoms with Crippen LogP contribution in [0.1, 0.15) is 27.3 Å². The second-order valence-corrected chi connectivity index (χ2v) is 6.98. The standard InChI is InChI=1S/C21H21ClN4O3/c1-14-11-15(2)26(25-14)19-8-5-17(12-24-19)21(28)29-13-20(27)23-10-9-16-3-6-18(22)7-4-16/h3-8,11-12H,9-10,13H2,1-2H3,(H,23,27). The van der Waals surface area contributed by atoms with Crippen molar-refractivity contribution in [3.05, 3.63) is 76.2 Å². The minimum Gasteiger partial charge on any atom is -0.452 e. The molecule has 0 atom stereocenters. The van der Waals surface area contributed by atoms with Crippen molar-refractivity contribution in [2.75, 3.05) is 13.2 Å². The van der Waals surface area contributed by atoms with Crippen LogP contribution >= 0.6 is 11.6 Å². The van der Waals surface area contributed by atoms with Gasteiger partial charge in [-0.05, 0) is 56.2 Å². The maximum atomic E-state index is 12.1. The van der Waals surface area contributed by atoms with Crippen LogP contribution in [0.3, 0.4) is 0 Å². The van der Waals surface area contributed by atoms with E-state index < -0.39 is 5.97 Å². The fourth-order valence-corrected chi connectivity index (χ4v) is 2.88. The second-order valence-electron chi connectivity index (χ2n) is 6.55. The Morgan fingerprint density at radius 2 is 1.90 bits per heavy atom. The molecule has 29 heavy (non-hydrogen) atoms. The molecule has 0 fully saturated rings. The summed E-state index contributed by atoms with van der Waals surface area (Å²) in [5, 5.41) is 7.73. The van der Waals surface area contributed by atoms with Crippen LogP contribution in [0.25, 0.3) is 5.82 Å². The molecule has 0 saturated heterocycles. The van der Waals surface area contributed by atoms with E-state index in [9.17, 15) is 9.59 Å². The molecule has 3 rings (SSSR count). The Morgan fingerprint density at radius 1 is 1.14 bits per heavy atom. The van der Waals surface area contributed by atoms with Gasteiger partial charge in [-0.2, -0.15) is 5.10 Å². The predicted molar refractivity (Wildman–Crippen MR) is 109 cm³/mol. The number of halogens is 1. The molecule has 0 bridgehead atoms. The number of esters is 1. The van der Waals surface area contributed by atoms with Gasteiger partial charge in [0.25, 0.3) is 5.91 Å². The molecule has 0 radical (unpaired) electrons. The number of carbonyl (C=O) groups is 2. The molecular formula is C21H21ClN4O3. The zero-order chi connectivity index (χ0) is 20.8. The van der Waals surface area contributed by atoms with E-state index in [0.29, 0.717) is 23.8 Å². The summed E-state index contributed by atoms with van der Waals surface area (Å²) in [4.78, 5) is 28.2. The predicted octanol–water partition coefficient (Wildman–Crippen LogP) is 3.05. The van der Waals surface area contributed by atoms with Crippen molar-refractivity contribution in [3.63, 3.8) is 0 Å². The molecule has 0 unspecified atom stereocenters. The van der Waals surface area contributed by atoms with Crippen molar-refractivity contribution < 1.29 is 14.3 Å². The van der Waals surface area contributed by atoms with Gasteiger partial charge in [0.05, 0.1) is 11.3 Å². The van der Waals surface area contributed by atoms with Crippen molar-refractivity contribution in [1.82, 2.24) is 20.1 Å². The van der Waals surface area contributed by atoms with Crippen LogP contribution in [0.4, 0.5) is 0 Å². The number of nitrogens with one attached hydrogen (secondary N) is 1. The molecule has 1 N–H and O–H groups in total. The maximum Gasteiger partial charge on any atom is 0.340 e. The Balaban J connectivity index is 1.45. The van der Waals surface area contributed by atoms with Gasteiger partial charge in [0, 0.05) is 23.5 Å². The number of benzene rings is 1. The molecule has 0 aliphatic rings. The van der Waals surface area contributed by atoms with Gasteiger partial charge >= 0.3 is 5.97 Å². The smallest absolute Gasteiger partial charge is 0.340 e. The number of amides is 1. The van der Waals surface area contributed by atoms with E-state index in [2.05, 4.69) is 15.4 Å². The van der Waals surface area contributed by atoms with Crippen LogP contribution in [-0.4, -0.2) is 39.8 Å². The van der Waals surface area contributed by atoms with E-state index in [1.807, 2.05) is 32.0 Å². The molecule has 2 aromatic heterocycles. The lowest BCUT2D eigenvalue weighted by Gasteiger charge is -2.08. The number of hydrogen-bond donors (Lipinski definition) is 1. The van der Waals surface area contributed by atoms with Crippen LogP contribution in [-0.2, 0) is 16.0 Å². The summed E-state index contributed by atoms with van der Waals surface area (Å²) >= 11 is 5.84. The normalized spacial score (nSPS) is 10.6. The first-order valence-corrected chi connectivity index (χ1v) is 9.48.